The summed E-state index contributed by atoms with van der Waals surface area (Å²) in [5.41, 5.74) is 12.3. The van der Waals surface area contributed by atoms with Gasteiger partial charge in [-0.2, -0.15) is 0 Å². The Labute approximate surface area is 117 Å². The lowest BCUT2D eigenvalue weighted by molar-refractivity contribution is 0.0254. The van der Waals surface area contributed by atoms with Gasteiger partial charge in [-0.3, -0.25) is 4.98 Å². The number of pyridine rings is 1. The topological polar surface area (TPSA) is 83.4 Å². The van der Waals surface area contributed by atoms with Crippen molar-refractivity contribution in [3.05, 3.63) is 30.1 Å². The van der Waals surface area contributed by atoms with Crippen molar-refractivity contribution in [1.82, 2.24) is 4.98 Å². The van der Waals surface area contributed by atoms with E-state index in [1.54, 1.807) is 12.3 Å². The number of aromatic nitrogens is 1. The molecule has 19 heavy (non-hydrogen) atoms. The summed E-state index contributed by atoms with van der Waals surface area (Å²) in [6.07, 6.45) is 5.18. The summed E-state index contributed by atoms with van der Waals surface area (Å²) in [5.74, 6) is 0.735. The molecule has 0 unspecified atom stereocenters. The first-order valence-electron chi connectivity index (χ1n) is 6.12. The van der Waals surface area contributed by atoms with E-state index >= 15 is 0 Å². The van der Waals surface area contributed by atoms with E-state index in [2.05, 4.69) is 4.98 Å². The van der Waals surface area contributed by atoms with Crippen LogP contribution >= 0.6 is 12.2 Å². The van der Waals surface area contributed by atoms with Crippen LogP contribution in [0.15, 0.2) is 24.4 Å². The van der Waals surface area contributed by atoms with E-state index in [1.807, 2.05) is 6.07 Å². The molecule has 2 heterocycles. The molecule has 1 aromatic rings. The lowest BCUT2D eigenvalue weighted by Crippen LogP contribution is -2.25. The quantitative estimate of drug-likeness (QED) is 0.637. The van der Waals surface area contributed by atoms with E-state index in [0.29, 0.717) is 11.4 Å². The third-order valence-corrected chi connectivity index (χ3v) is 2.92. The van der Waals surface area contributed by atoms with Gasteiger partial charge in [-0.1, -0.05) is 12.2 Å². The molecule has 0 bridgehead atoms. The van der Waals surface area contributed by atoms with Crippen molar-refractivity contribution in [1.29, 1.82) is 0 Å². The highest BCUT2D eigenvalue weighted by Crippen LogP contribution is 2.18. The van der Waals surface area contributed by atoms with Gasteiger partial charge in [0.05, 0.1) is 35.8 Å². The molecule has 6 heteroatoms. The minimum Gasteiger partial charge on any atom is -0.489 e. The predicted molar refractivity (Wildman–Crippen MR) is 77.7 cm³/mol. The van der Waals surface area contributed by atoms with E-state index in [1.165, 1.54) is 6.08 Å². The molecule has 0 aromatic carbocycles. The molecule has 1 aromatic heterocycles. The normalized spacial score (nSPS) is 17.2. The molecular weight excluding hydrogens is 262 g/mol. The lowest BCUT2D eigenvalue weighted by atomic mass is 10.1. The molecule has 1 aliphatic heterocycles. The van der Waals surface area contributed by atoms with Crippen LogP contribution in [0, 0.1) is 0 Å². The molecule has 2 rings (SSSR count). The zero-order valence-corrected chi connectivity index (χ0v) is 11.4. The van der Waals surface area contributed by atoms with Crippen LogP contribution in [-0.2, 0) is 4.74 Å². The Hall–Kier alpha value is -1.66. The minimum atomic E-state index is 0.200. The number of rotatable bonds is 4. The second kappa shape index (κ2) is 6.49. The molecule has 102 valence electrons. The Kier molecular flexibility index (Phi) is 4.70. The summed E-state index contributed by atoms with van der Waals surface area (Å²) in [6.45, 7) is 1.50. The highest BCUT2D eigenvalue weighted by molar-refractivity contribution is 7.80. The van der Waals surface area contributed by atoms with Crippen LogP contribution in [0.4, 0.5) is 0 Å². The first-order chi connectivity index (χ1) is 9.15. The predicted octanol–water partition coefficient (Wildman–Crippen LogP) is 1.23. The molecule has 0 atom stereocenters. The van der Waals surface area contributed by atoms with Crippen LogP contribution < -0.4 is 16.2 Å². The Morgan fingerprint density at radius 1 is 1.37 bits per heavy atom. The van der Waals surface area contributed by atoms with E-state index in [0.717, 1.165) is 31.8 Å². The van der Waals surface area contributed by atoms with Gasteiger partial charge in [0, 0.05) is 12.8 Å². The Morgan fingerprint density at radius 2 is 2.11 bits per heavy atom. The summed E-state index contributed by atoms with van der Waals surface area (Å²) < 4.78 is 11.1. The van der Waals surface area contributed by atoms with Gasteiger partial charge in [-0.25, -0.2) is 0 Å². The van der Waals surface area contributed by atoms with Crippen LogP contribution in [0.1, 0.15) is 18.5 Å². The van der Waals surface area contributed by atoms with Gasteiger partial charge in [0.25, 0.3) is 0 Å². The van der Waals surface area contributed by atoms with E-state index in [9.17, 15) is 0 Å². The van der Waals surface area contributed by atoms with Crippen molar-refractivity contribution in [2.24, 2.45) is 11.5 Å². The maximum Gasteiger partial charge on any atom is 0.138 e. The molecule has 5 nitrogen and oxygen atoms in total. The van der Waals surface area contributed by atoms with Gasteiger partial charge in [0.1, 0.15) is 11.9 Å². The zero-order valence-electron chi connectivity index (χ0n) is 10.5. The third kappa shape index (κ3) is 4.18. The van der Waals surface area contributed by atoms with Gasteiger partial charge < -0.3 is 20.9 Å². The first kappa shape index (κ1) is 13.8. The fraction of sp³-hybridized carbons (Fsp3) is 0.385. The van der Waals surface area contributed by atoms with Crippen LogP contribution in [0.3, 0.4) is 0 Å². The molecule has 4 N–H and O–H groups in total. The average Bonchev–Trinajstić information content (AvgIpc) is 2.40. The van der Waals surface area contributed by atoms with E-state index in [-0.39, 0.29) is 11.1 Å². The number of thiocarbonyl (C=S) groups is 1. The van der Waals surface area contributed by atoms with Crippen LogP contribution in [0.5, 0.6) is 5.75 Å². The van der Waals surface area contributed by atoms with E-state index < -0.39 is 0 Å². The molecule has 0 aliphatic carbocycles. The number of hydrogen-bond donors (Lipinski definition) is 2. The minimum absolute atomic E-state index is 0.200. The largest absolute Gasteiger partial charge is 0.489 e. The van der Waals surface area contributed by atoms with Crippen molar-refractivity contribution in [2.45, 2.75) is 18.9 Å². The summed E-state index contributed by atoms with van der Waals surface area (Å²) in [4.78, 5) is 4.47. The second-order valence-electron chi connectivity index (χ2n) is 4.31. The number of nitrogens with two attached hydrogens (primary N) is 2. The average molecular weight is 279 g/mol. The van der Waals surface area contributed by atoms with Crippen LogP contribution in [0.2, 0.25) is 0 Å². The fourth-order valence-corrected chi connectivity index (χ4v) is 1.96. The highest BCUT2D eigenvalue weighted by Gasteiger charge is 2.15. The molecule has 1 fully saturated rings. The SMILES string of the molecule is NC(=S)/C=C(\N)c1ccc(OC2CCOCC2)cn1. The maximum atomic E-state index is 5.82. The summed E-state index contributed by atoms with van der Waals surface area (Å²) in [6, 6.07) is 3.64. The number of nitrogens with zero attached hydrogens (tertiary/aromatic N) is 1. The van der Waals surface area contributed by atoms with Gasteiger partial charge >= 0.3 is 0 Å². The number of ether oxygens (including phenoxy) is 2. The molecular formula is C13H17N3O2S. The highest BCUT2D eigenvalue weighted by atomic mass is 32.1. The Morgan fingerprint density at radius 3 is 2.68 bits per heavy atom. The summed E-state index contributed by atoms with van der Waals surface area (Å²) in [7, 11) is 0. The molecule has 0 spiro atoms. The standard InChI is InChI=1S/C13H17N3O2S/c14-11(7-13(15)19)12-2-1-10(8-16-12)18-9-3-5-17-6-4-9/h1-2,7-9H,3-6,14H2,(H2,15,19)/b11-7-. The van der Waals surface area contributed by atoms with Crippen molar-refractivity contribution in [2.75, 3.05) is 13.2 Å². The second-order valence-corrected chi connectivity index (χ2v) is 4.78. The maximum absolute atomic E-state index is 5.82. The molecule has 0 saturated carbocycles. The van der Waals surface area contributed by atoms with Crippen molar-refractivity contribution >= 4 is 22.9 Å². The zero-order chi connectivity index (χ0) is 13.7. The van der Waals surface area contributed by atoms with Gasteiger partial charge in [0.2, 0.25) is 0 Å². The molecule has 0 amide bonds. The summed E-state index contributed by atoms with van der Waals surface area (Å²) in [5, 5.41) is 0. The molecule has 0 radical (unpaired) electrons. The Bertz CT molecular complexity index is 467. The van der Waals surface area contributed by atoms with Gasteiger partial charge in [-0.15, -0.1) is 0 Å². The van der Waals surface area contributed by atoms with Gasteiger partial charge in [-0.05, 0) is 18.2 Å². The summed E-state index contributed by atoms with van der Waals surface area (Å²) >= 11 is 4.76. The smallest absolute Gasteiger partial charge is 0.138 e. The number of hydrogen-bond acceptors (Lipinski definition) is 5. The Balaban J connectivity index is 1.99. The lowest BCUT2D eigenvalue weighted by Gasteiger charge is -2.23. The van der Waals surface area contributed by atoms with E-state index in [4.69, 9.17) is 33.2 Å². The van der Waals surface area contributed by atoms with Crippen molar-refractivity contribution in [3.8, 4) is 5.75 Å². The third-order valence-electron chi connectivity index (χ3n) is 2.80. The van der Waals surface area contributed by atoms with Crippen molar-refractivity contribution < 1.29 is 9.47 Å². The fourth-order valence-electron chi connectivity index (χ4n) is 1.83. The van der Waals surface area contributed by atoms with Crippen LogP contribution in [0.25, 0.3) is 5.70 Å². The molecule has 1 aliphatic rings. The monoisotopic (exact) mass is 279 g/mol. The van der Waals surface area contributed by atoms with Gasteiger partial charge in [0.15, 0.2) is 0 Å². The molecule has 1 saturated heterocycles. The van der Waals surface area contributed by atoms with Crippen molar-refractivity contribution in [3.63, 3.8) is 0 Å². The first-order valence-corrected chi connectivity index (χ1v) is 6.53. The van der Waals surface area contributed by atoms with Crippen LogP contribution in [-0.4, -0.2) is 29.3 Å².